The zero-order valence-corrected chi connectivity index (χ0v) is 15.4. The van der Waals surface area contributed by atoms with E-state index in [2.05, 4.69) is 10.2 Å². The fraction of sp³-hybridized carbons (Fsp3) is 0.600. The number of nitrogens with zero attached hydrogens (tertiary/aromatic N) is 2. The Morgan fingerprint density at radius 1 is 1.38 bits per heavy atom. The molecule has 0 radical (unpaired) electrons. The van der Waals surface area contributed by atoms with Gasteiger partial charge in [0.25, 0.3) is 5.69 Å². The van der Waals surface area contributed by atoms with Crippen LogP contribution in [0.4, 0.5) is 11.4 Å². The number of anilines is 1. The van der Waals surface area contributed by atoms with Crippen LogP contribution in [0.5, 0.6) is 0 Å². The number of nitro benzene ring substituents is 1. The second-order valence-corrected chi connectivity index (χ2v) is 7.49. The van der Waals surface area contributed by atoms with Crippen LogP contribution in [0.3, 0.4) is 0 Å². The lowest BCUT2D eigenvalue weighted by Gasteiger charge is -2.18. The van der Waals surface area contributed by atoms with E-state index in [-0.39, 0.29) is 11.7 Å². The van der Waals surface area contributed by atoms with Gasteiger partial charge in [-0.3, -0.25) is 15.0 Å². The second-order valence-electron chi connectivity index (χ2n) is 5.99. The molecule has 0 saturated carbocycles. The fourth-order valence-electron chi connectivity index (χ4n) is 2.89. The van der Waals surface area contributed by atoms with E-state index in [1.54, 1.807) is 7.11 Å². The van der Waals surface area contributed by atoms with Crippen LogP contribution >= 0.6 is 0 Å². The van der Waals surface area contributed by atoms with Crippen LogP contribution in [0.2, 0.25) is 0 Å². The van der Waals surface area contributed by atoms with Gasteiger partial charge in [-0.2, -0.15) is 0 Å². The van der Waals surface area contributed by atoms with E-state index < -0.39 is 25.5 Å². The van der Waals surface area contributed by atoms with Crippen molar-refractivity contribution in [2.24, 2.45) is 5.14 Å². The van der Waals surface area contributed by atoms with Crippen molar-refractivity contribution in [3.05, 3.63) is 28.3 Å². The molecule has 1 saturated heterocycles. The van der Waals surface area contributed by atoms with Crippen LogP contribution < -0.4 is 10.5 Å². The quantitative estimate of drug-likeness (QED) is 0.334. The van der Waals surface area contributed by atoms with Crippen molar-refractivity contribution in [1.82, 2.24) is 4.90 Å². The molecule has 10 nitrogen and oxygen atoms in total. The highest BCUT2D eigenvalue weighted by Crippen LogP contribution is 2.31. The molecule has 0 bridgehead atoms. The van der Waals surface area contributed by atoms with Gasteiger partial charge in [0.1, 0.15) is 0 Å². The first-order chi connectivity index (χ1) is 12.3. The number of ether oxygens (including phenoxy) is 2. The lowest BCUT2D eigenvalue weighted by atomic mass is 10.2. The number of rotatable bonds is 10. The Morgan fingerprint density at radius 2 is 2.15 bits per heavy atom. The molecule has 0 amide bonds. The summed E-state index contributed by atoms with van der Waals surface area (Å²) in [4.78, 5) is 12.1. The first kappa shape index (κ1) is 20.5. The average molecular weight is 388 g/mol. The third kappa shape index (κ3) is 5.61. The summed E-state index contributed by atoms with van der Waals surface area (Å²) in [5.41, 5.74) is -0.371. The van der Waals surface area contributed by atoms with E-state index in [1.165, 1.54) is 12.1 Å². The van der Waals surface area contributed by atoms with Crippen LogP contribution in [0.1, 0.15) is 6.42 Å². The number of sulfonamides is 1. The number of primary sulfonamides is 1. The summed E-state index contributed by atoms with van der Waals surface area (Å²) in [6, 6.07) is 4.02. The van der Waals surface area contributed by atoms with Gasteiger partial charge < -0.3 is 14.8 Å². The Bertz CT molecular complexity index is 727. The Morgan fingerprint density at radius 3 is 2.81 bits per heavy atom. The van der Waals surface area contributed by atoms with Gasteiger partial charge >= 0.3 is 0 Å². The third-order valence-electron chi connectivity index (χ3n) is 4.09. The van der Waals surface area contributed by atoms with E-state index in [4.69, 9.17) is 14.6 Å². The molecule has 0 spiro atoms. The maximum absolute atomic E-state index is 11.8. The summed E-state index contributed by atoms with van der Waals surface area (Å²) in [5.74, 6) is 0. The third-order valence-corrected chi connectivity index (χ3v) is 5.09. The molecule has 1 aromatic carbocycles. The monoisotopic (exact) mass is 388 g/mol. The molecule has 11 heteroatoms. The molecule has 3 N–H and O–H groups in total. The maximum atomic E-state index is 11.8. The summed E-state index contributed by atoms with van der Waals surface area (Å²) in [6.45, 7) is 3.92. The van der Waals surface area contributed by atoms with Gasteiger partial charge in [-0.1, -0.05) is 6.07 Å². The van der Waals surface area contributed by atoms with Crippen molar-refractivity contribution >= 4 is 21.4 Å². The summed E-state index contributed by atoms with van der Waals surface area (Å²) in [5, 5.41) is 19.4. The minimum Gasteiger partial charge on any atom is -0.382 e. The molecule has 26 heavy (non-hydrogen) atoms. The van der Waals surface area contributed by atoms with Crippen LogP contribution in [-0.4, -0.2) is 70.8 Å². The van der Waals surface area contributed by atoms with E-state index in [0.717, 1.165) is 25.6 Å². The van der Waals surface area contributed by atoms with Gasteiger partial charge in [0.15, 0.2) is 4.90 Å². The largest absolute Gasteiger partial charge is 0.382 e. The summed E-state index contributed by atoms with van der Waals surface area (Å²) in [6.07, 6.45) is 0.783. The van der Waals surface area contributed by atoms with Crippen molar-refractivity contribution in [3.8, 4) is 0 Å². The summed E-state index contributed by atoms with van der Waals surface area (Å²) >= 11 is 0. The van der Waals surface area contributed by atoms with Gasteiger partial charge in [-0.05, 0) is 12.5 Å². The molecular formula is C15H24N4O6S. The Labute approximate surface area is 152 Å². The highest BCUT2D eigenvalue weighted by molar-refractivity contribution is 7.89. The number of nitro groups is 1. The molecule has 1 aliphatic heterocycles. The van der Waals surface area contributed by atoms with Crippen molar-refractivity contribution < 1.29 is 22.8 Å². The van der Waals surface area contributed by atoms with Crippen LogP contribution in [0.25, 0.3) is 0 Å². The molecule has 1 atom stereocenters. The summed E-state index contributed by atoms with van der Waals surface area (Å²) < 4.78 is 34.0. The van der Waals surface area contributed by atoms with E-state index in [9.17, 15) is 18.5 Å². The van der Waals surface area contributed by atoms with Crippen molar-refractivity contribution in [2.45, 2.75) is 17.4 Å². The second kappa shape index (κ2) is 9.24. The maximum Gasteiger partial charge on any atom is 0.291 e. The Balaban J connectivity index is 1.99. The SMILES string of the molecule is COCCOCCN1CC[C@@H](Nc2cccc([N+](=O)[O-])c2S(N)(=O)=O)C1. The predicted octanol–water partition coefficient (Wildman–Crippen LogP) is 0.391. The minimum absolute atomic E-state index is 0.0310. The average Bonchev–Trinajstić information content (AvgIpc) is 3.00. The van der Waals surface area contributed by atoms with Crippen LogP contribution in [0, 0.1) is 10.1 Å². The molecule has 0 aromatic heterocycles. The first-order valence-electron chi connectivity index (χ1n) is 8.18. The zero-order chi connectivity index (χ0) is 19.2. The molecule has 0 aliphatic carbocycles. The predicted molar refractivity (Wildman–Crippen MR) is 95.6 cm³/mol. The number of methoxy groups -OCH3 is 1. The number of hydrogen-bond acceptors (Lipinski definition) is 8. The highest BCUT2D eigenvalue weighted by atomic mass is 32.2. The summed E-state index contributed by atoms with van der Waals surface area (Å²) in [7, 11) is -2.62. The Hall–Kier alpha value is -1.79. The van der Waals surface area contributed by atoms with Crippen molar-refractivity contribution in [2.75, 3.05) is 51.9 Å². The number of nitrogens with one attached hydrogen (secondary N) is 1. The molecule has 146 valence electrons. The van der Waals surface area contributed by atoms with E-state index >= 15 is 0 Å². The lowest BCUT2D eigenvalue weighted by molar-refractivity contribution is -0.387. The van der Waals surface area contributed by atoms with Crippen LogP contribution in [-0.2, 0) is 19.5 Å². The zero-order valence-electron chi connectivity index (χ0n) is 14.6. The lowest BCUT2D eigenvalue weighted by Crippen LogP contribution is -2.30. The van der Waals surface area contributed by atoms with Gasteiger partial charge in [-0.25, -0.2) is 13.6 Å². The number of likely N-dealkylation sites (tertiary alicyclic amines) is 1. The van der Waals surface area contributed by atoms with E-state index in [1.807, 2.05) is 0 Å². The first-order valence-corrected chi connectivity index (χ1v) is 9.73. The minimum atomic E-state index is -4.24. The van der Waals surface area contributed by atoms with Gasteiger partial charge in [0, 0.05) is 38.9 Å². The number of hydrogen-bond donors (Lipinski definition) is 2. The highest BCUT2D eigenvalue weighted by Gasteiger charge is 2.29. The molecule has 1 aromatic rings. The normalized spacial score (nSPS) is 18.2. The topological polar surface area (TPSA) is 137 Å². The molecular weight excluding hydrogens is 364 g/mol. The Kier molecular flexibility index (Phi) is 7.29. The van der Waals surface area contributed by atoms with Gasteiger partial charge in [-0.15, -0.1) is 0 Å². The van der Waals surface area contributed by atoms with Gasteiger partial charge in [0.05, 0.1) is 30.4 Å². The smallest absolute Gasteiger partial charge is 0.291 e. The molecule has 1 heterocycles. The van der Waals surface area contributed by atoms with E-state index in [0.29, 0.717) is 26.4 Å². The van der Waals surface area contributed by atoms with Crippen LogP contribution in [0.15, 0.2) is 23.1 Å². The molecule has 1 fully saturated rings. The molecule has 0 unspecified atom stereocenters. The molecule has 2 rings (SSSR count). The van der Waals surface area contributed by atoms with Crippen molar-refractivity contribution in [1.29, 1.82) is 0 Å². The number of nitrogens with two attached hydrogens (primary N) is 1. The van der Waals surface area contributed by atoms with Gasteiger partial charge in [0.2, 0.25) is 10.0 Å². The molecule has 1 aliphatic rings. The van der Waals surface area contributed by atoms with Crippen molar-refractivity contribution in [3.63, 3.8) is 0 Å². The number of benzene rings is 1. The standard InChI is InChI=1S/C15H24N4O6S/c1-24-9-10-25-8-7-18-6-5-12(11-18)17-13-3-2-4-14(19(20)21)15(13)26(16,22)23/h2-4,12,17H,5-11H2,1H3,(H2,16,22,23)/t12-/m1/s1. The fourth-order valence-corrected chi connectivity index (χ4v) is 3.76.